The van der Waals surface area contributed by atoms with E-state index in [4.69, 9.17) is 19.2 Å². The third-order valence-corrected chi connectivity index (χ3v) is 7.03. The lowest BCUT2D eigenvalue weighted by atomic mass is 9.97. The maximum atomic E-state index is 12.9. The number of nitrogens with zero attached hydrogens (tertiary/aromatic N) is 2. The summed E-state index contributed by atoms with van der Waals surface area (Å²) in [6.07, 6.45) is 2.63. The van der Waals surface area contributed by atoms with Crippen LogP contribution in [0.2, 0.25) is 0 Å². The number of ether oxygens (including phenoxy) is 3. The number of para-hydroxylation sites is 2. The second-order valence-corrected chi connectivity index (χ2v) is 9.43. The molecule has 0 aliphatic rings. The van der Waals surface area contributed by atoms with Gasteiger partial charge >= 0.3 is 0 Å². The summed E-state index contributed by atoms with van der Waals surface area (Å²) in [5, 5.41) is 3.01. The lowest BCUT2D eigenvalue weighted by Crippen LogP contribution is -2.25. The van der Waals surface area contributed by atoms with Crippen molar-refractivity contribution in [2.24, 2.45) is 0 Å². The van der Waals surface area contributed by atoms with Gasteiger partial charge in [-0.1, -0.05) is 50.2 Å². The van der Waals surface area contributed by atoms with Crippen LogP contribution in [0.25, 0.3) is 11.0 Å². The molecule has 1 heterocycles. The summed E-state index contributed by atoms with van der Waals surface area (Å²) in [7, 11) is 4.60. The molecule has 0 fully saturated rings. The van der Waals surface area contributed by atoms with Crippen molar-refractivity contribution >= 4 is 16.9 Å². The molecule has 0 aliphatic carbocycles. The molecule has 0 radical (unpaired) electrons. The van der Waals surface area contributed by atoms with Gasteiger partial charge in [-0.05, 0) is 54.2 Å². The average molecular weight is 516 g/mol. The maximum Gasteiger partial charge on any atom is 0.251 e. The first kappa shape index (κ1) is 27.0. The first-order valence-electron chi connectivity index (χ1n) is 13.1. The molecule has 1 amide bonds. The number of methoxy groups -OCH3 is 3. The third-order valence-electron chi connectivity index (χ3n) is 7.03. The minimum atomic E-state index is -0.195. The molecule has 1 atom stereocenters. The van der Waals surface area contributed by atoms with Gasteiger partial charge in [0.2, 0.25) is 5.75 Å². The van der Waals surface area contributed by atoms with Crippen molar-refractivity contribution in [2.45, 2.75) is 45.6 Å². The molecule has 7 heteroatoms. The molecular formula is C31H37N3O4. The molecule has 4 aromatic rings. The zero-order valence-corrected chi connectivity index (χ0v) is 22.9. The number of fused-ring (bicyclic) bond motifs is 1. The molecule has 7 nitrogen and oxygen atoms in total. The monoisotopic (exact) mass is 515 g/mol. The van der Waals surface area contributed by atoms with Gasteiger partial charge in [-0.2, -0.15) is 0 Å². The summed E-state index contributed by atoms with van der Waals surface area (Å²) >= 11 is 0. The fourth-order valence-electron chi connectivity index (χ4n) is 4.63. The van der Waals surface area contributed by atoms with Gasteiger partial charge in [-0.25, -0.2) is 4.98 Å². The molecule has 200 valence electrons. The lowest BCUT2D eigenvalue weighted by Gasteiger charge is -2.14. The zero-order valence-electron chi connectivity index (χ0n) is 22.9. The predicted molar refractivity (Wildman–Crippen MR) is 151 cm³/mol. The number of hydrogen-bond donors (Lipinski definition) is 1. The molecule has 0 saturated heterocycles. The molecule has 0 spiro atoms. The van der Waals surface area contributed by atoms with Crippen LogP contribution in [0, 0.1) is 0 Å². The molecule has 1 N–H and O–H groups in total. The number of benzene rings is 3. The van der Waals surface area contributed by atoms with E-state index in [1.807, 2.05) is 18.2 Å². The highest BCUT2D eigenvalue weighted by Gasteiger charge is 2.17. The van der Waals surface area contributed by atoms with Crippen molar-refractivity contribution in [3.05, 3.63) is 83.2 Å². The largest absolute Gasteiger partial charge is 0.493 e. The van der Waals surface area contributed by atoms with Gasteiger partial charge in [0, 0.05) is 25.1 Å². The Bertz CT molecular complexity index is 1350. The first-order valence-corrected chi connectivity index (χ1v) is 13.1. The smallest absolute Gasteiger partial charge is 0.251 e. The summed E-state index contributed by atoms with van der Waals surface area (Å²) in [6.45, 7) is 5.75. The van der Waals surface area contributed by atoms with Crippen LogP contribution in [0.4, 0.5) is 0 Å². The summed E-state index contributed by atoms with van der Waals surface area (Å²) in [4.78, 5) is 17.8. The SMILES string of the molecule is CCC(C)c1ccc(Cn2c(CCCNC(=O)c3cc(OC)c(OC)c(OC)c3)nc3ccccc32)cc1. The number of hydrogen-bond acceptors (Lipinski definition) is 5. The van der Waals surface area contributed by atoms with Crippen molar-refractivity contribution in [2.75, 3.05) is 27.9 Å². The van der Waals surface area contributed by atoms with Gasteiger partial charge in [-0.15, -0.1) is 0 Å². The van der Waals surface area contributed by atoms with Gasteiger partial charge in [-0.3, -0.25) is 4.79 Å². The highest BCUT2D eigenvalue weighted by atomic mass is 16.5. The fourth-order valence-corrected chi connectivity index (χ4v) is 4.63. The second-order valence-electron chi connectivity index (χ2n) is 9.43. The van der Waals surface area contributed by atoms with E-state index in [2.05, 4.69) is 54.1 Å². The number of imidazole rings is 1. The quantitative estimate of drug-likeness (QED) is 0.235. The topological polar surface area (TPSA) is 74.6 Å². The van der Waals surface area contributed by atoms with Crippen LogP contribution in [-0.4, -0.2) is 43.3 Å². The Morgan fingerprint density at radius 1 is 0.974 bits per heavy atom. The molecule has 0 aliphatic heterocycles. The van der Waals surface area contributed by atoms with Crippen molar-refractivity contribution in [3.8, 4) is 17.2 Å². The van der Waals surface area contributed by atoms with E-state index in [0.29, 0.717) is 35.3 Å². The van der Waals surface area contributed by atoms with E-state index in [1.165, 1.54) is 32.5 Å². The van der Waals surface area contributed by atoms with Crippen LogP contribution in [-0.2, 0) is 13.0 Å². The Morgan fingerprint density at radius 2 is 1.66 bits per heavy atom. The summed E-state index contributed by atoms with van der Waals surface area (Å²) < 4.78 is 18.4. The number of nitrogens with one attached hydrogen (secondary N) is 1. The minimum absolute atomic E-state index is 0.195. The van der Waals surface area contributed by atoms with Crippen molar-refractivity contribution in [1.29, 1.82) is 0 Å². The summed E-state index contributed by atoms with van der Waals surface area (Å²) in [6, 6.07) is 20.5. The second kappa shape index (κ2) is 12.5. The third kappa shape index (κ3) is 5.93. The number of amides is 1. The van der Waals surface area contributed by atoms with Crippen LogP contribution in [0.1, 0.15) is 59.9 Å². The number of aryl methyl sites for hydroxylation is 1. The van der Waals surface area contributed by atoms with Crippen LogP contribution in [0.5, 0.6) is 17.2 Å². The lowest BCUT2D eigenvalue weighted by molar-refractivity contribution is 0.0952. The van der Waals surface area contributed by atoms with Gasteiger partial charge in [0.1, 0.15) is 5.82 Å². The van der Waals surface area contributed by atoms with Gasteiger partial charge in [0.25, 0.3) is 5.91 Å². The molecule has 1 aromatic heterocycles. The molecule has 38 heavy (non-hydrogen) atoms. The number of aromatic nitrogens is 2. The Labute approximate surface area is 224 Å². The van der Waals surface area contributed by atoms with E-state index >= 15 is 0 Å². The van der Waals surface area contributed by atoms with Crippen LogP contribution in [0.15, 0.2) is 60.7 Å². The Kier molecular flexibility index (Phi) is 8.89. The van der Waals surface area contributed by atoms with E-state index < -0.39 is 0 Å². The van der Waals surface area contributed by atoms with E-state index in [1.54, 1.807) is 12.1 Å². The molecule has 0 saturated carbocycles. The highest BCUT2D eigenvalue weighted by molar-refractivity contribution is 5.95. The summed E-state index contributed by atoms with van der Waals surface area (Å²) in [5.41, 5.74) is 5.18. The van der Waals surface area contributed by atoms with Crippen molar-refractivity contribution in [1.82, 2.24) is 14.9 Å². The van der Waals surface area contributed by atoms with E-state index in [-0.39, 0.29) is 5.91 Å². The normalized spacial score (nSPS) is 11.8. The average Bonchev–Trinajstić information content (AvgIpc) is 3.31. The summed E-state index contributed by atoms with van der Waals surface area (Å²) in [5.74, 6) is 2.73. The Morgan fingerprint density at radius 3 is 2.29 bits per heavy atom. The predicted octanol–water partition coefficient (Wildman–Crippen LogP) is 5.99. The maximum absolute atomic E-state index is 12.9. The molecule has 1 unspecified atom stereocenters. The fraction of sp³-hybridized carbons (Fsp3) is 0.355. The molecule has 4 rings (SSSR count). The van der Waals surface area contributed by atoms with Crippen LogP contribution >= 0.6 is 0 Å². The van der Waals surface area contributed by atoms with E-state index in [9.17, 15) is 4.79 Å². The Hall–Kier alpha value is -4.00. The highest BCUT2D eigenvalue weighted by Crippen LogP contribution is 2.38. The zero-order chi connectivity index (χ0) is 27.1. The van der Waals surface area contributed by atoms with Crippen molar-refractivity contribution in [3.63, 3.8) is 0 Å². The van der Waals surface area contributed by atoms with Gasteiger partial charge in [0.15, 0.2) is 11.5 Å². The Balaban J connectivity index is 1.44. The number of carbonyl (C=O) groups is 1. The standard InChI is InChI=1S/C31H37N3O4/c1-6-21(2)23-15-13-22(14-16-23)20-34-26-11-8-7-10-25(26)33-29(34)12-9-17-32-31(35)24-18-27(36-3)30(38-5)28(19-24)37-4/h7-8,10-11,13-16,18-19,21H,6,9,12,17,20H2,1-5H3,(H,32,35). The molecule has 3 aromatic carbocycles. The van der Waals surface area contributed by atoms with Gasteiger partial charge in [0.05, 0.1) is 32.4 Å². The first-order chi connectivity index (χ1) is 18.5. The minimum Gasteiger partial charge on any atom is -0.493 e. The van der Waals surface area contributed by atoms with Gasteiger partial charge < -0.3 is 24.1 Å². The van der Waals surface area contributed by atoms with Crippen LogP contribution in [0.3, 0.4) is 0 Å². The molecular weight excluding hydrogens is 478 g/mol. The van der Waals surface area contributed by atoms with Crippen LogP contribution < -0.4 is 19.5 Å². The van der Waals surface area contributed by atoms with Crippen molar-refractivity contribution < 1.29 is 19.0 Å². The molecule has 0 bridgehead atoms. The van der Waals surface area contributed by atoms with E-state index in [0.717, 1.165) is 42.7 Å². The number of carbonyl (C=O) groups excluding carboxylic acids is 1. The number of rotatable bonds is 12.